The number of aromatic nitrogens is 1. The molecule has 1 saturated heterocycles. The maximum Gasteiger partial charge on any atom is 0.418 e. The molecule has 1 aromatic heterocycles. The van der Waals surface area contributed by atoms with E-state index in [4.69, 9.17) is 10.5 Å². The number of nitrogen functional groups attached to an aromatic ring is 1. The summed E-state index contributed by atoms with van der Waals surface area (Å²) >= 11 is 0. The number of rotatable bonds is 5. The van der Waals surface area contributed by atoms with Gasteiger partial charge in [-0.1, -0.05) is 6.07 Å². The highest BCUT2D eigenvalue weighted by molar-refractivity contribution is 5.77. The van der Waals surface area contributed by atoms with E-state index in [1.807, 2.05) is 0 Å². The monoisotopic (exact) mass is 407 g/mol. The molecule has 0 atom stereocenters. The van der Waals surface area contributed by atoms with Crippen LogP contribution >= 0.6 is 0 Å². The summed E-state index contributed by atoms with van der Waals surface area (Å²) in [7, 11) is 0. The van der Waals surface area contributed by atoms with Crippen molar-refractivity contribution in [1.29, 1.82) is 0 Å². The van der Waals surface area contributed by atoms with Crippen molar-refractivity contribution in [3.63, 3.8) is 0 Å². The van der Waals surface area contributed by atoms with Crippen LogP contribution in [0.15, 0.2) is 35.3 Å². The van der Waals surface area contributed by atoms with Crippen LogP contribution in [0.25, 0.3) is 11.1 Å². The second-order valence-electron chi connectivity index (χ2n) is 7.83. The van der Waals surface area contributed by atoms with Crippen molar-refractivity contribution in [3.8, 4) is 11.1 Å². The van der Waals surface area contributed by atoms with E-state index < -0.39 is 11.7 Å². The lowest BCUT2D eigenvalue weighted by molar-refractivity contribution is -0.136. The molecule has 8 heteroatoms. The van der Waals surface area contributed by atoms with Gasteiger partial charge in [0.1, 0.15) is 5.69 Å². The van der Waals surface area contributed by atoms with E-state index in [1.54, 1.807) is 22.9 Å². The Kier molecular flexibility index (Phi) is 5.29. The fourth-order valence-electron chi connectivity index (χ4n) is 3.70. The zero-order chi connectivity index (χ0) is 20.6. The molecule has 0 unspecified atom stereocenters. The van der Waals surface area contributed by atoms with Gasteiger partial charge in [-0.2, -0.15) is 13.2 Å². The molecule has 0 bridgehead atoms. The van der Waals surface area contributed by atoms with E-state index in [9.17, 15) is 18.0 Å². The Bertz CT molecular complexity index is 945. The van der Waals surface area contributed by atoms with Crippen LogP contribution in [0.5, 0.6) is 0 Å². The Balaban J connectivity index is 1.67. The van der Waals surface area contributed by atoms with Gasteiger partial charge in [-0.25, -0.2) is 0 Å². The molecule has 156 valence electrons. The fourth-order valence-corrected chi connectivity index (χ4v) is 3.70. The first-order valence-electron chi connectivity index (χ1n) is 9.88. The lowest BCUT2D eigenvalue weighted by atomic mass is 10.00. The van der Waals surface area contributed by atoms with Crippen molar-refractivity contribution in [2.45, 2.75) is 44.4 Å². The molecule has 1 aliphatic carbocycles. The van der Waals surface area contributed by atoms with Crippen LogP contribution in [-0.4, -0.2) is 23.8 Å². The van der Waals surface area contributed by atoms with Gasteiger partial charge >= 0.3 is 6.18 Å². The Hall–Kier alpha value is -2.48. The van der Waals surface area contributed by atoms with Gasteiger partial charge in [-0.05, 0) is 55.4 Å². The number of pyridine rings is 1. The molecule has 0 amide bonds. The Morgan fingerprint density at radius 1 is 1.14 bits per heavy atom. The van der Waals surface area contributed by atoms with Crippen LogP contribution in [0.3, 0.4) is 0 Å². The number of alkyl halides is 3. The lowest BCUT2D eigenvalue weighted by Crippen LogP contribution is -2.29. The maximum atomic E-state index is 13.7. The van der Waals surface area contributed by atoms with E-state index in [1.165, 1.54) is 6.07 Å². The number of anilines is 2. The number of ether oxygens (including phenoxy) is 1. The first kappa shape index (κ1) is 19.8. The number of hydrogen-bond donors (Lipinski definition) is 2. The summed E-state index contributed by atoms with van der Waals surface area (Å²) in [5.41, 5.74) is 5.52. The van der Waals surface area contributed by atoms with E-state index in [0.717, 1.165) is 18.9 Å². The number of nitrogens with two attached hydrogens (primary N) is 1. The van der Waals surface area contributed by atoms with Crippen molar-refractivity contribution in [3.05, 3.63) is 46.4 Å². The summed E-state index contributed by atoms with van der Waals surface area (Å²) in [5, 5.41) is 3.00. The number of benzene rings is 1. The van der Waals surface area contributed by atoms with Crippen molar-refractivity contribution >= 4 is 11.4 Å². The van der Waals surface area contributed by atoms with Crippen LogP contribution in [0.4, 0.5) is 24.5 Å². The minimum absolute atomic E-state index is 0.0218. The predicted octanol–water partition coefficient (Wildman–Crippen LogP) is 4.12. The standard InChI is InChI=1S/C21H24F3N3O2/c22-21(23,24)17-11-14(3-4-18(17)26-15-6-9-29-10-7-15)16-5-8-27(12-13-1-2-13)20(28)19(16)25/h3-5,8,11,13,15,26H,1-2,6-7,9-10,12,25H2. The highest BCUT2D eigenvalue weighted by Gasteiger charge is 2.35. The number of nitrogens with one attached hydrogen (secondary N) is 1. The van der Waals surface area contributed by atoms with E-state index in [-0.39, 0.29) is 28.5 Å². The Morgan fingerprint density at radius 2 is 1.86 bits per heavy atom. The molecular formula is C21H24F3N3O2. The minimum atomic E-state index is -4.53. The molecule has 2 fully saturated rings. The first-order valence-corrected chi connectivity index (χ1v) is 9.88. The second-order valence-corrected chi connectivity index (χ2v) is 7.83. The van der Waals surface area contributed by atoms with E-state index in [2.05, 4.69) is 5.32 Å². The number of hydrogen-bond acceptors (Lipinski definition) is 4. The summed E-state index contributed by atoms with van der Waals surface area (Å²) < 4.78 is 48.0. The van der Waals surface area contributed by atoms with Gasteiger partial charge in [-0.15, -0.1) is 0 Å². The van der Waals surface area contributed by atoms with Crippen LogP contribution < -0.4 is 16.6 Å². The molecule has 2 aliphatic rings. The van der Waals surface area contributed by atoms with Gasteiger partial charge < -0.3 is 20.4 Å². The Labute approximate surface area is 166 Å². The number of nitrogens with zero attached hydrogens (tertiary/aromatic N) is 1. The van der Waals surface area contributed by atoms with Gasteiger partial charge in [0.05, 0.1) is 5.56 Å². The third-order valence-corrected chi connectivity index (χ3v) is 5.57. The molecule has 1 aliphatic heterocycles. The highest BCUT2D eigenvalue weighted by atomic mass is 19.4. The predicted molar refractivity (Wildman–Crippen MR) is 106 cm³/mol. The normalized spacial score (nSPS) is 18.0. The minimum Gasteiger partial charge on any atom is -0.394 e. The van der Waals surface area contributed by atoms with E-state index >= 15 is 0 Å². The summed E-state index contributed by atoms with van der Waals surface area (Å²) in [6, 6.07) is 5.63. The van der Waals surface area contributed by atoms with Gasteiger partial charge in [0.15, 0.2) is 0 Å². The summed E-state index contributed by atoms with van der Waals surface area (Å²) in [4.78, 5) is 12.5. The van der Waals surface area contributed by atoms with Crippen LogP contribution in [0.1, 0.15) is 31.2 Å². The number of halogens is 3. The topological polar surface area (TPSA) is 69.3 Å². The molecule has 2 heterocycles. The molecule has 3 N–H and O–H groups in total. The molecule has 1 aromatic carbocycles. The van der Waals surface area contributed by atoms with Gasteiger partial charge in [0.2, 0.25) is 0 Å². The highest BCUT2D eigenvalue weighted by Crippen LogP contribution is 2.39. The molecule has 0 radical (unpaired) electrons. The first-order chi connectivity index (χ1) is 13.8. The summed E-state index contributed by atoms with van der Waals surface area (Å²) in [6.45, 7) is 1.67. The average Bonchev–Trinajstić information content (AvgIpc) is 3.50. The van der Waals surface area contributed by atoms with Crippen molar-refractivity contribution in [2.24, 2.45) is 5.92 Å². The summed E-state index contributed by atoms with van der Waals surface area (Å²) in [6.07, 6.45) is 0.582. The average molecular weight is 407 g/mol. The van der Waals surface area contributed by atoms with Crippen LogP contribution in [0.2, 0.25) is 0 Å². The molecule has 2 aromatic rings. The van der Waals surface area contributed by atoms with Crippen molar-refractivity contribution in [2.75, 3.05) is 24.3 Å². The fraction of sp³-hybridized carbons (Fsp3) is 0.476. The Morgan fingerprint density at radius 3 is 2.52 bits per heavy atom. The van der Waals surface area contributed by atoms with Gasteiger partial charge in [-0.3, -0.25) is 4.79 Å². The molecule has 0 spiro atoms. The van der Waals surface area contributed by atoms with Gasteiger partial charge in [0, 0.05) is 43.2 Å². The molecular weight excluding hydrogens is 383 g/mol. The smallest absolute Gasteiger partial charge is 0.394 e. The second kappa shape index (κ2) is 7.74. The summed E-state index contributed by atoms with van der Waals surface area (Å²) in [5.74, 6) is 0.491. The zero-order valence-electron chi connectivity index (χ0n) is 16.0. The lowest BCUT2D eigenvalue weighted by Gasteiger charge is -2.26. The van der Waals surface area contributed by atoms with Crippen molar-refractivity contribution < 1.29 is 17.9 Å². The molecule has 29 heavy (non-hydrogen) atoms. The SMILES string of the molecule is Nc1c(-c2ccc(NC3CCOCC3)c(C(F)(F)F)c2)ccn(CC2CC2)c1=O. The molecule has 1 saturated carbocycles. The largest absolute Gasteiger partial charge is 0.418 e. The van der Waals surface area contributed by atoms with Crippen LogP contribution in [0, 0.1) is 5.92 Å². The quantitative estimate of drug-likeness (QED) is 0.783. The van der Waals surface area contributed by atoms with Gasteiger partial charge in [0.25, 0.3) is 5.56 Å². The third kappa shape index (κ3) is 4.42. The zero-order valence-corrected chi connectivity index (χ0v) is 16.0. The van der Waals surface area contributed by atoms with Crippen LogP contribution in [-0.2, 0) is 17.5 Å². The molecule has 4 rings (SSSR count). The van der Waals surface area contributed by atoms with E-state index in [0.29, 0.717) is 44.1 Å². The van der Waals surface area contributed by atoms with Crippen molar-refractivity contribution in [1.82, 2.24) is 4.57 Å². The third-order valence-electron chi connectivity index (χ3n) is 5.57. The maximum absolute atomic E-state index is 13.7. The molecule has 5 nitrogen and oxygen atoms in total.